The maximum Gasteiger partial charge on any atom is 0.297 e. The highest BCUT2D eigenvalue weighted by Gasteiger charge is 2.17. The quantitative estimate of drug-likeness (QED) is 0.217. The number of nitro groups is 1. The van der Waals surface area contributed by atoms with Gasteiger partial charge < -0.3 is 4.57 Å². The third-order valence-electron chi connectivity index (χ3n) is 6.37. The average molecular weight is 512 g/mol. The summed E-state index contributed by atoms with van der Waals surface area (Å²) < 4.78 is 5.51. The summed E-state index contributed by atoms with van der Waals surface area (Å²) in [4.78, 5) is 29.8. The molecular formula is C28H25N5O3S. The highest BCUT2D eigenvalue weighted by Crippen LogP contribution is 2.24. The van der Waals surface area contributed by atoms with Crippen molar-refractivity contribution >= 4 is 22.7 Å². The van der Waals surface area contributed by atoms with E-state index < -0.39 is 4.92 Å². The molecule has 8 nitrogen and oxygen atoms in total. The zero-order valence-corrected chi connectivity index (χ0v) is 21.3. The van der Waals surface area contributed by atoms with E-state index in [0.29, 0.717) is 17.0 Å². The molecule has 0 amide bonds. The largest absolute Gasteiger partial charge is 0.316 e. The molecule has 186 valence electrons. The Morgan fingerprint density at radius 2 is 1.59 bits per heavy atom. The maximum atomic E-state index is 13.5. The summed E-state index contributed by atoms with van der Waals surface area (Å²) in [6, 6.07) is 26.2. The number of hydrogen-bond acceptors (Lipinski definition) is 5. The molecule has 0 fully saturated rings. The predicted octanol–water partition coefficient (Wildman–Crippen LogP) is 5.40. The molecule has 0 aliphatic rings. The molecule has 0 radical (unpaired) electrons. The van der Waals surface area contributed by atoms with E-state index in [0.717, 1.165) is 29.1 Å². The van der Waals surface area contributed by atoms with Gasteiger partial charge in [-0.15, -0.1) is 11.3 Å². The van der Waals surface area contributed by atoms with Gasteiger partial charge in [0.15, 0.2) is 10.5 Å². The van der Waals surface area contributed by atoms with Crippen molar-refractivity contribution < 1.29 is 4.92 Å². The Hall–Kier alpha value is -4.50. The van der Waals surface area contributed by atoms with Crippen LogP contribution in [-0.2, 0) is 20.0 Å². The van der Waals surface area contributed by atoms with Gasteiger partial charge in [-0.05, 0) is 48.7 Å². The fraction of sp³-hybridized carbons (Fsp3) is 0.143. The molecule has 0 unspecified atom stereocenters. The van der Waals surface area contributed by atoms with Gasteiger partial charge in [0.1, 0.15) is 0 Å². The SMILES string of the molecule is Cc1c(N=c2scc(-c3ccc([N+](=O)[O-])cc3)n2CCc2ccccc2)c(=O)n(-c2ccccc2)n1C. The molecule has 0 bridgehead atoms. The molecule has 3 aromatic carbocycles. The lowest BCUT2D eigenvalue weighted by Crippen LogP contribution is -2.20. The molecule has 2 heterocycles. The molecule has 37 heavy (non-hydrogen) atoms. The minimum atomic E-state index is -0.405. The number of aryl methyl sites for hydroxylation is 1. The first-order valence-corrected chi connectivity index (χ1v) is 12.7. The van der Waals surface area contributed by atoms with Crippen molar-refractivity contribution in [2.75, 3.05) is 0 Å². The molecular weight excluding hydrogens is 486 g/mol. The first-order valence-electron chi connectivity index (χ1n) is 11.8. The van der Waals surface area contributed by atoms with Crippen molar-refractivity contribution in [3.63, 3.8) is 0 Å². The Bertz CT molecular complexity index is 1680. The Labute approximate surface area is 217 Å². The summed E-state index contributed by atoms with van der Waals surface area (Å²) in [5, 5.41) is 13.1. The fourth-order valence-corrected chi connectivity index (χ4v) is 5.22. The normalized spacial score (nSPS) is 11.7. The number of para-hydroxylation sites is 1. The highest BCUT2D eigenvalue weighted by atomic mass is 32.1. The van der Waals surface area contributed by atoms with Gasteiger partial charge in [0.2, 0.25) is 0 Å². The van der Waals surface area contributed by atoms with Crippen molar-refractivity contribution in [1.29, 1.82) is 0 Å². The zero-order valence-electron chi connectivity index (χ0n) is 20.4. The van der Waals surface area contributed by atoms with Gasteiger partial charge in [-0.3, -0.25) is 19.6 Å². The number of rotatable bonds is 7. The van der Waals surface area contributed by atoms with Gasteiger partial charge in [-0.1, -0.05) is 48.5 Å². The van der Waals surface area contributed by atoms with E-state index in [-0.39, 0.29) is 11.2 Å². The summed E-state index contributed by atoms with van der Waals surface area (Å²) in [5.41, 5.74) is 4.70. The molecule has 9 heteroatoms. The minimum absolute atomic E-state index is 0.0427. The lowest BCUT2D eigenvalue weighted by Gasteiger charge is -2.09. The van der Waals surface area contributed by atoms with Crippen LogP contribution in [0, 0.1) is 17.0 Å². The summed E-state index contributed by atoms with van der Waals surface area (Å²) >= 11 is 1.44. The van der Waals surface area contributed by atoms with Gasteiger partial charge in [-0.2, -0.15) is 0 Å². The molecule has 0 N–H and O–H groups in total. The molecule has 2 aromatic heterocycles. The second-order valence-corrected chi connectivity index (χ2v) is 9.45. The lowest BCUT2D eigenvalue weighted by atomic mass is 10.1. The van der Waals surface area contributed by atoms with Crippen LogP contribution in [0.25, 0.3) is 16.9 Å². The van der Waals surface area contributed by atoms with Gasteiger partial charge >= 0.3 is 0 Å². The number of hydrogen-bond donors (Lipinski definition) is 0. The smallest absolute Gasteiger partial charge is 0.297 e. The number of non-ortho nitro benzene ring substituents is 1. The Morgan fingerprint density at radius 1 is 0.946 bits per heavy atom. The minimum Gasteiger partial charge on any atom is -0.316 e. The zero-order chi connectivity index (χ0) is 25.9. The first-order chi connectivity index (χ1) is 17.9. The molecule has 0 saturated heterocycles. The van der Waals surface area contributed by atoms with Gasteiger partial charge in [-0.25, -0.2) is 9.67 Å². The molecule has 0 atom stereocenters. The second-order valence-electron chi connectivity index (χ2n) is 8.62. The van der Waals surface area contributed by atoms with Crippen LogP contribution in [0.1, 0.15) is 11.3 Å². The van der Waals surface area contributed by atoms with E-state index in [1.54, 1.807) is 16.8 Å². The average Bonchev–Trinajstić information content (AvgIpc) is 3.42. The van der Waals surface area contributed by atoms with Gasteiger partial charge in [0.05, 0.1) is 22.0 Å². The maximum absolute atomic E-state index is 13.5. The first kappa shape index (κ1) is 24.2. The summed E-state index contributed by atoms with van der Waals surface area (Å²) in [5.74, 6) is 0. The summed E-state index contributed by atoms with van der Waals surface area (Å²) in [6.45, 7) is 2.52. The number of aromatic nitrogens is 3. The van der Waals surface area contributed by atoms with E-state index in [1.165, 1.54) is 29.0 Å². The predicted molar refractivity (Wildman–Crippen MR) is 146 cm³/mol. The monoisotopic (exact) mass is 511 g/mol. The number of benzene rings is 3. The fourth-order valence-electron chi connectivity index (χ4n) is 4.28. The van der Waals surface area contributed by atoms with Crippen LogP contribution in [0.3, 0.4) is 0 Å². The van der Waals surface area contributed by atoms with E-state index in [9.17, 15) is 14.9 Å². The molecule has 5 aromatic rings. The van der Waals surface area contributed by atoms with Crippen LogP contribution >= 0.6 is 11.3 Å². The van der Waals surface area contributed by atoms with Crippen LogP contribution in [-0.4, -0.2) is 18.9 Å². The van der Waals surface area contributed by atoms with Crippen LogP contribution in [0.5, 0.6) is 0 Å². The molecule has 0 aliphatic carbocycles. The number of thiazole rings is 1. The third kappa shape index (κ3) is 4.81. The highest BCUT2D eigenvalue weighted by molar-refractivity contribution is 7.07. The van der Waals surface area contributed by atoms with Gasteiger partial charge in [0, 0.05) is 31.1 Å². The van der Waals surface area contributed by atoms with Crippen molar-refractivity contribution in [1.82, 2.24) is 13.9 Å². The molecule has 0 saturated carbocycles. The van der Waals surface area contributed by atoms with E-state index in [1.807, 2.05) is 72.6 Å². The van der Waals surface area contributed by atoms with Crippen LogP contribution in [0.15, 0.2) is 100 Å². The van der Waals surface area contributed by atoms with E-state index >= 15 is 0 Å². The van der Waals surface area contributed by atoms with Crippen molar-refractivity contribution in [2.45, 2.75) is 19.9 Å². The van der Waals surface area contributed by atoms with Crippen molar-refractivity contribution in [3.05, 3.63) is 127 Å². The number of nitro benzene ring substituents is 1. The number of nitrogens with zero attached hydrogens (tertiary/aromatic N) is 5. The Kier molecular flexibility index (Phi) is 6.70. The van der Waals surface area contributed by atoms with Crippen molar-refractivity contribution in [3.8, 4) is 16.9 Å². The molecule has 0 aliphatic heterocycles. The summed E-state index contributed by atoms with van der Waals surface area (Å²) in [6.07, 6.45) is 0.771. The van der Waals surface area contributed by atoms with E-state index in [2.05, 4.69) is 16.7 Å². The van der Waals surface area contributed by atoms with Crippen LogP contribution < -0.4 is 10.4 Å². The van der Waals surface area contributed by atoms with Crippen LogP contribution in [0.2, 0.25) is 0 Å². The third-order valence-corrected chi connectivity index (χ3v) is 7.23. The molecule has 0 spiro atoms. The lowest BCUT2D eigenvalue weighted by molar-refractivity contribution is -0.384. The topological polar surface area (TPSA) is 87.4 Å². The van der Waals surface area contributed by atoms with Crippen LogP contribution in [0.4, 0.5) is 11.4 Å². The standard InChI is InChI=1S/C28H25N5O3S/c1-20-26(27(34)32(30(20)2)23-11-7-4-8-12-23)29-28-31(18-17-21-9-5-3-6-10-21)25(19-37-28)22-13-15-24(16-14-22)33(35)36/h3-16,19H,17-18H2,1-2H3. The van der Waals surface area contributed by atoms with Crippen molar-refractivity contribution in [2.24, 2.45) is 12.0 Å². The summed E-state index contributed by atoms with van der Waals surface area (Å²) in [7, 11) is 1.85. The Balaban J connectivity index is 1.63. The van der Waals surface area contributed by atoms with Gasteiger partial charge in [0.25, 0.3) is 11.2 Å². The second kappa shape index (κ2) is 10.2. The Morgan fingerprint density at radius 3 is 2.24 bits per heavy atom. The van der Waals surface area contributed by atoms with E-state index in [4.69, 9.17) is 4.99 Å². The molecule has 5 rings (SSSR count).